The quantitative estimate of drug-likeness (QED) is 0.882. The molecule has 0 radical (unpaired) electrons. The van der Waals surface area contributed by atoms with Crippen molar-refractivity contribution < 1.29 is 0 Å². The van der Waals surface area contributed by atoms with Crippen molar-refractivity contribution in [3.8, 4) is 0 Å². The molecule has 1 N–H and O–H groups in total. The molecule has 1 aliphatic heterocycles. The average molecular weight is 295 g/mol. The number of nitrogens with zero attached hydrogens (tertiary/aromatic N) is 1. The van der Waals surface area contributed by atoms with Gasteiger partial charge in [-0.25, -0.2) is 0 Å². The van der Waals surface area contributed by atoms with Crippen LogP contribution in [-0.2, 0) is 6.54 Å². The zero-order chi connectivity index (χ0) is 14.7. The second-order valence-corrected chi connectivity index (χ2v) is 6.93. The molecule has 1 aliphatic rings. The molecule has 1 heterocycles. The van der Waals surface area contributed by atoms with Crippen LogP contribution in [0.1, 0.15) is 46.1 Å². The van der Waals surface area contributed by atoms with Gasteiger partial charge in [0.05, 0.1) is 0 Å². The van der Waals surface area contributed by atoms with E-state index in [0.29, 0.717) is 12.1 Å². The van der Waals surface area contributed by atoms with E-state index in [1.165, 1.54) is 24.1 Å². The van der Waals surface area contributed by atoms with Crippen LogP contribution in [0, 0.1) is 5.92 Å². The second kappa shape index (κ2) is 6.82. The molecule has 0 aromatic heterocycles. The highest BCUT2D eigenvalue weighted by Crippen LogP contribution is 2.31. The summed E-state index contributed by atoms with van der Waals surface area (Å²) in [4.78, 5) is 2.56. The summed E-state index contributed by atoms with van der Waals surface area (Å²) in [5, 5.41) is 4.34. The first-order valence-electron chi connectivity index (χ1n) is 7.75. The number of nitrogens with one attached hydrogen (secondary N) is 1. The molecule has 0 bridgehead atoms. The molecule has 1 aromatic rings. The number of anilines is 1. The Bertz CT molecular complexity index is 445. The molecular formula is C17H27ClN2. The van der Waals surface area contributed by atoms with Gasteiger partial charge >= 0.3 is 0 Å². The van der Waals surface area contributed by atoms with Crippen molar-refractivity contribution in [3.63, 3.8) is 0 Å². The number of halogens is 1. The molecule has 1 fully saturated rings. The highest BCUT2D eigenvalue weighted by molar-refractivity contribution is 6.30. The van der Waals surface area contributed by atoms with E-state index in [1.54, 1.807) is 0 Å². The van der Waals surface area contributed by atoms with E-state index in [2.05, 4.69) is 50.0 Å². The lowest BCUT2D eigenvalue weighted by Crippen LogP contribution is -2.41. The first-order chi connectivity index (χ1) is 9.47. The maximum absolute atomic E-state index is 6.19. The van der Waals surface area contributed by atoms with Crippen LogP contribution >= 0.6 is 11.6 Å². The Balaban J connectivity index is 2.24. The smallest absolute Gasteiger partial charge is 0.0415 e. The summed E-state index contributed by atoms with van der Waals surface area (Å²) in [7, 11) is 0. The predicted molar refractivity (Wildman–Crippen MR) is 88.6 cm³/mol. The largest absolute Gasteiger partial charge is 0.368 e. The van der Waals surface area contributed by atoms with Gasteiger partial charge in [0.15, 0.2) is 0 Å². The van der Waals surface area contributed by atoms with Crippen LogP contribution < -0.4 is 10.2 Å². The van der Waals surface area contributed by atoms with Crippen molar-refractivity contribution in [2.45, 2.75) is 59.2 Å². The summed E-state index contributed by atoms with van der Waals surface area (Å²) in [5.74, 6) is 0.771. The van der Waals surface area contributed by atoms with Crippen molar-refractivity contribution in [1.82, 2.24) is 5.32 Å². The number of benzene rings is 1. The van der Waals surface area contributed by atoms with Gasteiger partial charge in [0.1, 0.15) is 0 Å². The summed E-state index contributed by atoms with van der Waals surface area (Å²) >= 11 is 6.19. The molecule has 2 rings (SSSR count). The number of piperidine rings is 1. The van der Waals surface area contributed by atoms with Crippen molar-refractivity contribution in [2.75, 3.05) is 11.4 Å². The maximum Gasteiger partial charge on any atom is 0.0415 e. The summed E-state index contributed by atoms with van der Waals surface area (Å²) in [6, 6.07) is 7.42. The molecule has 0 amide bonds. The van der Waals surface area contributed by atoms with Crippen LogP contribution in [0.3, 0.4) is 0 Å². The fourth-order valence-corrected chi connectivity index (χ4v) is 3.11. The molecule has 1 saturated heterocycles. The maximum atomic E-state index is 6.19. The van der Waals surface area contributed by atoms with Gasteiger partial charge in [-0.2, -0.15) is 0 Å². The topological polar surface area (TPSA) is 15.3 Å². The normalized spacial score (nSPS) is 23.4. The molecular weight excluding hydrogens is 268 g/mol. The highest BCUT2D eigenvalue weighted by Gasteiger charge is 2.24. The van der Waals surface area contributed by atoms with Gasteiger partial charge < -0.3 is 10.2 Å². The van der Waals surface area contributed by atoms with Crippen LogP contribution in [0.25, 0.3) is 0 Å². The van der Waals surface area contributed by atoms with E-state index in [0.717, 1.165) is 24.0 Å². The van der Waals surface area contributed by atoms with Crippen molar-refractivity contribution in [1.29, 1.82) is 0 Å². The van der Waals surface area contributed by atoms with E-state index in [1.807, 2.05) is 6.07 Å². The Morgan fingerprint density at radius 1 is 1.30 bits per heavy atom. The van der Waals surface area contributed by atoms with E-state index >= 15 is 0 Å². The lowest BCUT2D eigenvalue weighted by Gasteiger charge is -2.39. The van der Waals surface area contributed by atoms with Gasteiger partial charge in [0, 0.05) is 35.9 Å². The highest BCUT2D eigenvalue weighted by atomic mass is 35.5. The van der Waals surface area contributed by atoms with Crippen molar-refractivity contribution in [2.24, 2.45) is 5.92 Å². The van der Waals surface area contributed by atoms with Gasteiger partial charge in [-0.15, -0.1) is 0 Å². The van der Waals surface area contributed by atoms with Crippen LogP contribution in [0.5, 0.6) is 0 Å². The van der Waals surface area contributed by atoms with Crippen molar-refractivity contribution >= 4 is 17.3 Å². The van der Waals surface area contributed by atoms with Gasteiger partial charge in [-0.05, 0) is 49.4 Å². The first kappa shape index (κ1) is 15.7. The summed E-state index contributed by atoms with van der Waals surface area (Å²) in [5.41, 5.74) is 2.66. The summed E-state index contributed by atoms with van der Waals surface area (Å²) in [6.45, 7) is 11.1. The fourth-order valence-electron chi connectivity index (χ4n) is 2.91. The third-order valence-corrected chi connectivity index (χ3v) is 4.40. The first-order valence-corrected chi connectivity index (χ1v) is 8.13. The number of hydrogen-bond donors (Lipinski definition) is 1. The van der Waals surface area contributed by atoms with Crippen LogP contribution in [0.4, 0.5) is 5.69 Å². The number of hydrogen-bond acceptors (Lipinski definition) is 2. The Morgan fingerprint density at radius 2 is 2.05 bits per heavy atom. The predicted octanol–water partition coefficient (Wildman–Crippen LogP) is 4.46. The van der Waals surface area contributed by atoms with E-state index in [4.69, 9.17) is 11.6 Å². The Labute approximate surface area is 128 Å². The fraction of sp³-hybridized carbons (Fsp3) is 0.647. The lowest BCUT2D eigenvalue weighted by molar-refractivity contribution is 0.389. The monoisotopic (exact) mass is 294 g/mol. The average Bonchev–Trinajstić information content (AvgIpc) is 2.39. The molecule has 0 aliphatic carbocycles. The molecule has 0 spiro atoms. The van der Waals surface area contributed by atoms with Gasteiger partial charge in [0.25, 0.3) is 0 Å². The van der Waals surface area contributed by atoms with Gasteiger partial charge in [-0.3, -0.25) is 0 Å². The number of rotatable bonds is 4. The minimum Gasteiger partial charge on any atom is -0.368 e. The van der Waals surface area contributed by atoms with Crippen molar-refractivity contribution in [3.05, 3.63) is 28.8 Å². The van der Waals surface area contributed by atoms with E-state index in [9.17, 15) is 0 Å². The molecule has 1 aromatic carbocycles. The molecule has 2 atom stereocenters. The minimum absolute atomic E-state index is 0.486. The summed E-state index contributed by atoms with van der Waals surface area (Å²) in [6.07, 6.45) is 2.62. The SMILES string of the molecule is CC1CCC(C)N(c2ccc(Cl)cc2CNC(C)C)C1. The van der Waals surface area contributed by atoms with Crippen LogP contribution in [0.15, 0.2) is 18.2 Å². The molecule has 20 heavy (non-hydrogen) atoms. The summed E-state index contributed by atoms with van der Waals surface area (Å²) < 4.78 is 0. The zero-order valence-corrected chi connectivity index (χ0v) is 13.9. The third-order valence-electron chi connectivity index (χ3n) is 4.17. The second-order valence-electron chi connectivity index (χ2n) is 6.49. The molecule has 2 nitrogen and oxygen atoms in total. The zero-order valence-electron chi connectivity index (χ0n) is 13.1. The lowest BCUT2D eigenvalue weighted by atomic mass is 9.93. The molecule has 2 unspecified atom stereocenters. The van der Waals surface area contributed by atoms with E-state index < -0.39 is 0 Å². The molecule has 112 valence electrons. The minimum atomic E-state index is 0.486. The molecule has 3 heteroatoms. The third kappa shape index (κ3) is 3.89. The Morgan fingerprint density at radius 3 is 2.75 bits per heavy atom. The van der Waals surface area contributed by atoms with Crippen LogP contribution in [0.2, 0.25) is 5.02 Å². The Kier molecular flexibility index (Phi) is 5.34. The van der Waals surface area contributed by atoms with Gasteiger partial charge in [0.2, 0.25) is 0 Å². The van der Waals surface area contributed by atoms with Crippen LogP contribution in [-0.4, -0.2) is 18.6 Å². The standard InChI is InChI=1S/C17H27ClN2/c1-12(2)19-10-15-9-16(18)7-8-17(15)20-11-13(3)5-6-14(20)4/h7-9,12-14,19H,5-6,10-11H2,1-4H3. The Hall–Kier alpha value is -0.730. The molecule has 0 saturated carbocycles. The van der Waals surface area contributed by atoms with E-state index in [-0.39, 0.29) is 0 Å². The van der Waals surface area contributed by atoms with Gasteiger partial charge in [-0.1, -0.05) is 32.4 Å².